The van der Waals surface area contributed by atoms with Crippen molar-refractivity contribution in [3.63, 3.8) is 0 Å². The molecule has 0 saturated heterocycles. The van der Waals surface area contributed by atoms with Gasteiger partial charge in [-0.15, -0.1) is 0 Å². The van der Waals surface area contributed by atoms with Gasteiger partial charge >= 0.3 is 0 Å². The van der Waals surface area contributed by atoms with Gasteiger partial charge in [0.15, 0.2) is 0 Å². The van der Waals surface area contributed by atoms with E-state index in [1.165, 1.54) is 0 Å². The second-order valence-electron chi connectivity index (χ2n) is 5.70. The van der Waals surface area contributed by atoms with Crippen molar-refractivity contribution in [3.8, 4) is 5.75 Å². The van der Waals surface area contributed by atoms with Gasteiger partial charge < -0.3 is 4.74 Å². The molecule has 0 aliphatic rings. The Morgan fingerprint density at radius 1 is 1.00 bits per heavy atom. The highest BCUT2D eigenvalue weighted by Crippen LogP contribution is 2.28. The van der Waals surface area contributed by atoms with Crippen LogP contribution in [-0.2, 0) is 10.0 Å². The van der Waals surface area contributed by atoms with Crippen molar-refractivity contribution in [1.29, 1.82) is 0 Å². The topological polar surface area (TPSA) is 46.6 Å². The van der Waals surface area contributed by atoms with E-state index in [0.717, 1.165) is 42.6 Å². The van der Waals surface area contributed by atoms with Gasteiger partial charge in [-0.05, 0) is 49.9 Å². The number of benzene rings is 1. The molecule has 0 atom stereocenters. The third kappa shape index (κ3) is 4.46. The van der Waals surface area contributed by atoms with E-state index in [1.807, 2.05) is 13.8 Å². The Labute approximate surface area is 135 Å². The van der Waals surface area contributed by atoms with Crippen LogP contribution in [0.15, 0.2) is 17.0 Å². The first-order valence-electron chi connectivity index (χ1n) is 8.03. The summed E-state index contributed by atoms with van der Waals surface area (Å²) in [6.45, 7) is 9.03. The maximum Gasteiger partial charge on any atom is 0.243 e. The number of hydrogen-bond donors (Lipinski definition) is 0. The summed E-state index contributed by atoms with van der Waals surface area (Å²) in [7, 11) is -1.84. The number of aryl methyl sites for hydroxylation is 2. The average Bonchev–Trinajstić information content (AvgIpc) is 2.48. The number of hydrogen-bond acceptors (Lipinski definition) is 3. The minimum atomic E-state index is -3.45. The quantitative estimate of drug-likeness (QED) is 0.691. The number of sulfonamides is 1. The molecule has 0 aromatic heterocycles. The highest BCUT2D eigenvalue weighted by Gasteiger charge is 2.26. The zero-order chi connectivity index (χ0) is 16.8. The predicted octanol–water partition coefficient (Wildman–Crippen LogP) is 3.90. The lowest BCUT2D eigenvalue weighted by atomic mass is 10.1. The highest BCUT2D eigenvalue weighted by molar-refractivity contribution is 7.89. The summed E-state index contributed by atoms with van der Waals surface area (Å²) in [6, 6.07) is 3.54. The van der Waals surface area contributed by atoms with Gasteiger partial charge in [0.05, 0.1) is 12.0 Å². The molecule has 5 heteroatoms. The fourth-order valence-electron chi connectivity index (χ4n) is 2.42. The Hall–Kier alpha value is -1.07. The van der Waals surface area contributed by atoms with Crippen molar-refractivity contribution < 1.29 is 13.2 Å². The van der Waals surface area contributed by atoms with Crippen molar-refractivity contribution in [2.45, 2.75) is 58.3 Å². The molecule has 0 spiro atoms. The lowest BCUT2D eigenvalue weighted by molar-refractivity contribution is 0.394. The molecule has 126 valence electrons. The number of rotatable bonds is 9. The molecule has 0 aliphatic carbocycles. The Balaban J connectivity index is 3.20. The standard InChI is InChI=1S/C17H29NO3S/c1-6-8-10-18(11-9-7-2)22(19,20)17-13-14(3)16(21-5)12-15(17)4/h12-13H,6-11H2,1-5H3. The van der Waals surface area contributed by atoms with E-state index >= 15 is 0 Å². The van der Waals surface area contributed by atoms with E-state index < -0.39 is 10.0 Å². The second-order valence-corrected chi connectivity index (χ2v) is 7.60. The minimum absolute atomic E-state index is 0.401. The summed E-state index contributed by atoms with van der Waals surface area (Å²) in [6.07, 6.45) is 3.74. The molecule has 22 heavy (non-hydrogen) atoms. The van der Waals surface area contributed by atoms with E-state index in [9.17, 15) is 8.42 Å². The zero-order valence-corrected chi connectivity index (χ0v) is 15.3. The van der Waals surface area contributed by atoms with E-state index in [2.05, 4.69) is 13.8 Å². The molecule has 0 amide bonds. The van der Waals surface area contributed by atoms with Crippen molar-refractivity contribution >= 4 is 10.0 Å². The summed E-state index contributed by atoms with van der Waals surface area (Å²) in [4.78, 5) is 0.401. The molecule has 0 unspecified atom stereocenters. The Morgan fingerprint density at radius 2 is 1.55 bits per heavy atom. The molecule has 0 aliphatic heterocycles. The molecule has 1 rings (SSSR count). The Morgan fingerprint density at radius 3 is 2.00 bits per heavy atom. The average molecular weight is 327 g/mol. The third-order valence-corrected chi connectivity index (χ3v) is 5.87. The smallest absolute Gasteiger partial charge is 0.243 e. The highest BCUT2D eigenvalue weighted by atomic mass is 32.2. The van der Waals surface area contributed by atoms with Crippen LogP contribution in [-0.4, -0.2) is 32.9 Å². The second kappa shape index (κ2) is 8.53. The van der Waals surface area contributed by atoms with Gasteiger partial charge in [-0.3, -0.25) is 0 Å². The molecule has 4 nitrogen and oxygen atoms in total. The van der Waals surface area contributed by atoms with Gasteiger partial charge in [-0.25, -0.2) is 8.42 Å². The molecular formula is C17H29NO3S. The summed E-state index contributed by atoms with van der Waals surface area (Å²) in [5, 5.41) is 0. The summed E-state index contributed by atoms with van der Waals surface area (Å²) < 4.78 is 32.9. The molecule has 0 bridgehead atoms. The van der Waals surface area contributed by atoms with Gasteiger partial charge in [0.1, 0.15) is 5.75 Å². The number of unbranched alkanes of at least 4 members (excludes halogenated alkanes) is 2. The number of nitrogens with zero attached hydrogens (tertiary/aromatic N) is 1. The Bertz CT molecular complexity index is 574. The number of methoxy groups -OCH3 is 1. The molecule has 0 saturated carbocycles. The largest absolute Gasteiger partial charge is 0.496 e. The Kier molecular flexibility index (Phi) is 7.36. The van der Waals surface area contributed by atoms with Crippen LogP contribution in [0.25, 0.3) is 0 Å². The van der Waals surface area contributed by atoms with Crippen molar-refractivity contribution in [2.24, 2.45) is 0 Å². The molecular weight excluding hydrogens is 298 g/mol. The predicted molar refractivity (Wildman–Crippen MR) is 91.0 cm³/mol. The van der Waals surface area contributed by atoms with Crippen LogP contribution in [0.3, 0.4) is 0 Å². The van der Waals surface area contributed by atoms with Crippen LogP contribution < -0.4 is 4.74 Å². The molecule has 1 aromatic rings. The van der Waals surface area contributed by atoms with Crippen LogP contribution in [0.1, 0.15) is 50.7 Å². The van der Waals surface area contributed by atoms with Crippen LogP contribution in [0.4, 0.5) is 0 Å². The first kappa shape index (κ1) is 19.0. The molecule has 0 radical (unpaired) electrons. The zero-order valence-electron chi connectivity index (χ0n) is 14.5. The molecule has 1 aromatic carbocycles. The van der Waals surface area contributed by atoms with Gasteiger partial charge in [0.25, 0.3) is 0 Å². The fourth-order valence-corrected chi connectivity index (χ4v) is 4.23. The van der Waals surface area contributed by atoms with Crippen LogP contribution in [0.5, 0.6) is 5.75 Å². The lowest BCUT2D eigenvalue weighted by Gasteiger charge is -2.23. The summed E-state index contributed by atoms with van der Waals surface area (Å²) in [5.74, 6) is 0.727. The van der Waals surface area contributed by atoms with Crippen LogP contribution in [0, 0.1) is 13.8 Å². The molecule has 0 fully saturated rings. The van der Waals surface area contributed by atoms with Gasteiger partial charge in [-0.2, -0.15) is 4.31 Å². The SMILES string of the molecule is CCCCN(CCCC)S(=O)(=O)c1cc(C)c(OC)cc1C. The maximum absolute atomic E-state index is 13.0. The van der Waals surface area contributed by atoms with Crippen molar-refractivity contribution in [2.75, 3.05) is 20.2 Å². The van der Waals surface area contributed by atoms with Crippen molar-refractivity contribution in [3.05, 3.63) is 23.3 Å². The summed E-state index contributed by atoms with van der Waals surface area (Å²) in [5.41, 5.74) is 1.58. The van der Waals surface area contributed by atoms with Gasteiger partial charge in [0, 0.05) is 13.1 Å². The van der Waals surface area contributed by atoms with Crippen LogP contribution >= 0.6 is 0 Å². The minimum Gasteiger partial charge on any atom is -0.496 e. The third-order valence-electron chi connectivity index (χ3n) is 3.83. The maximum atomic E-state index is 13.0. The lowest BCUT2D eigenvalue weighted by Crippen LogP contribution is -2.33. The summed E-state index contributed by atoms with van der Waals surface area (Å²) >= 11 is 0. The molecule has 0 N–H and O–H groups in total. The van der Waals surface area contributed by atoms with E-state index in [-0.39, 0.29) is 0 Å². The number of ether oxygens (including phenoxy) is 1. The van der Waals surface area contributed by atoms with E-state index in [4.69, 9.17) is 4.74 Å². The van der Waals surface area contributed by atoms with Crippen LogP contribution in [0.2, 0.25) is 0 Å². The first-order valence-corrected chi connectivity index (χ1v) is 9.47. The molecule has 0 heterocycles. The fraction of sp³-hybridized carbons (Fsp3) is 0.647. The monoisotopic (exact) mass is 327 g/mol. The first-order chi connectivity index (χ1) is 10.4. The van der Waals surface area contributed by atoms with E-state index in [0.29, 0.717) is 18.0 Å². The van der Waals surface area contributed by atoms with Crippen molar-refractivity contribution in [1.82, 2.24) is 4.31 Å². The van der Waals surface area contributed by atoms with Gasteiger partial charge in [0.2, 0.25) is 10.0 Å². The van der Waals surface area contributed by atoms with Gasteiger partial charge in [-0.1, -0.05) is 26.7 Å². The van der Waals surface area contributed by atoms with E-state index in [1.54, 1.807) is 23.5 Å². The normalized spacial score (nSPS) is 11.9.